The molecule has 0 spiro atoms. The Bertz CT molecular complexity index is 2200. The van der Waals surface area contributed by atoms with Crippen LogP contribution in [0.4, 0.5) is 0 Å². The maximum Gasteiger partial charge on any atom is 0.248 e. The van der Waals surface area contributed by atoms with Gasteiger partial charge in [0.15, 0.2) is 12.4 Å². The lowest BCUT2D eigenvalue weighted by Crippen LogP contribution is -2.26. The fraction of sp³-hybridized carbons (Fsp3) is 0.0541. The van der Waals surface area contributed by atoms with Crippen LogP contribution in [0.2, 0.25) is 0 Å². The van der Waals surface area contributed by atoms with Gasteiger partial charge in [-0.3, -0.25) is 4.57 Å². The molecule has 0 radical (unpaired) electrons. The molecule has 8 aromatic rings. The van der Waals surface area contributed by atoms with Crippen LogP contribution >= 0.6 is 0 Å². The van der Waals surface area contributed by atoms with Gasteiger partial charge in [0.1, 0.15) is 31.0 Å². The standard InChI is InChI=1S/C37H29N5/c1-39-21-19-28(20-22-39)42-34-14-8-7-13-33(34)38-37(42)27-17-15-26(16-18-27)35-29-9-3-5-11-31(29)36(41-24-23-40(2)25-41)32-12-6-4-10-30(32)35/h3-25H,1-2H3/q+2. The van der Waals surface area contributed by atoms with Gasteiger partial charge in [0.25, 0.3) is 0 Å². The molecule has 42 heavy (non-hydrogen) atoms. The van der Waals surface area contributed by atoms with Crippen LogP contribution in [0.1, 0.15) is 0 Å². The number of benzene rings is 5. The lowest BCUT2D eigenvalue weighted by Gasteiger charge is -2.15. The molecule has 0 bridgehead atoms. The van der Waals surface area contributed by atoms with Crippen molar-refractivity contribution in [3.63, 3.8) is 0 Å². The van der Waals surface area contributed by atoms with Crippen molar-refractivity contribution in [3.05, 3.63) is 140 Å². The summed E-state index contributed by atoms with van der Waals surface area (Å²) >= 11 is 0. The maximum absolute atomic E-state index is 5.08. The summed E-state index contributed by atoms with van der Waals surface area (Å²) in [4.78, 5) is 5.08. The number of aryl methyl sites for hydroxylation is 2. The molecule has 0 atom stereocenters. The molecule has 0 aliphatic carbocycles. The predicted molar refractivity (Wildman–Crippen MR) is 169 cm³/mol. The van der Waals surface area contributed by atoms with E-state index in [4.69, 9.17) is 4.98 Å². The Morgan fingerprint density at radius 3 is 1.81 bits per heavy atom. The monoisotopic (exact) mass is 543 g/mol. The third-order valence-electron chi connectivity index (χ3n) is 8.14. The van der Waals surface area contributed by atoms with Crippen molar-refractivity contribution in [1.29, 1.82) is 0 Å². The van der Waals surface area contributed by atoms with Crippen molar-refractivity contribution >= 4 is 32.6 Å². The van der Waals surface area contributed by atoms with Crippen LogP contribution in [-0.4, -0.2) is 14.1 Å². The van der Waals surface area contributed by atoms with Gasteiger partial charge in [0, 0.05) is 28.5 Å². The zero-order chi connectivity index (χ0) is 28.2. The SMILES string of the molecule is C[n+]1ccc(-n2c(-c3ccc(-c4c5ccccc5c(-n5cc[n+](C)c5)c5ccccc45)cc3)nc3ccccc32)cc1. The molecule has 200 valence electrons. The van der Waals surface area contributed by atoms with Gasteiger partial charge in [0.2, 0.25) is 6.33 Å². The van der Waals surface area contributed by atoms with Gasteiger partial charge in [-0.2, -0.15) is 0 Å². The first-order chi connectivity index (χ1) is 20.7. The van der Waals surface area contributed by atoms with Gasteiger partial charge in [-0.1, -0.05) is 84.9 Å². The Labute approximate surface area is 243 Å². The van der Waals surface area contributed by atoms with E-state index in [1.807, 2.05) is 17.7 Å². The lowest BCUT2D eigenvalue weighted by atomic mass is 9.90. The molecule has 0 fully saturated rings. The summed E-state index contributed by atoms with van der Waals surface area (Å²) in [7, 11) is 4.09. The summed E-state index contributed by atoms with van der Waals surface area (Å²) < 4.78 is 8.61. The van der Waals surface area contributed by atoms with E-state index in [2.05, 4.69) is 155 Å². The molecule has 5 nitrogen and oxygen atoms in total. The molecule has 3 aromatic heterocycles. The number of pyridine rings is 1. The number of hydrogen-bond acceptors (Lipinski definition) is 1. The molecular weight excluding hydrogens is 514 g/mol. The highest BCUT2D eigenvalue weighted by molar-refractivity contribution is 6.18. The second kappa shape index (κ2) is 9.53. The van der Waals surface area contributed by atoms with E-state index >= 15 is 0 Å². The third-order valence-corrected chi connectivity index (χ3v) is 8.14. The van der Waals surface area contributed by atoms with E-state index in [0.29, 0.717) is 0 Å². The fourth-order valence-corrected chi connectivity index (χ4v) is 6.19. The van der Waals surface area contributed by atoms with Crippen molar-refractivity contribution in [2.45, 2.75) is 0 Å². The van der Waals surface area contributed by atoms with Crippen LogP contribution < -0.4 is 9.13 Å². The Kier molecular flexibility index (Phi) is 5.50. The smallest absolute Gasteiger partial charge is 0.248 e. The number of imidazole rings is 2. The number of fused-ring (bicyclic) bond motifs is 3. The second-order valence-corrected chi connectivity index (χ2v) is 10.9. The van der Waals surface area contributed by atoms with E-state index in [1.165, 1.54) is 38.4 Å². The van der Waals surface area contributed by atoms with Crippen molar-refractivity contribution in [2.24, 2.45) is 14.1 Å². The van der Waals surface area contributed by atoms with Gasteiger partial charge in [-0.05, 0) is 34.0 Å². The van der Waals surface area contributed by atoms with Crippen LogP contribution in [0, 0.1) is 0 Å². The molecule has 0 aliphatic rings. The lowest BCUT2D eigenvalue weighted by molar-refractivity contribution is -0.671. The van der Waals surface area contributed by atoms with Crippen LogP contribution in [-0.2, 0) is 14.1 Å². The first-order valence-corrected chi connectivity index (χ1v) is 14.2. The van der Waals surface area contributed by atoms with Crippen molar-refractivity contribution in [2.75, 3.05) is 0 Å². The Morgan fingerprint density at radius 1 is 0.571 bits per heavy atom. The molecule has 0 amide bonds. The summed E-state index contributed by atoms with van der Waals surface area (Å²) in [6.07, 6.45) is 10.5. The molecule has 0 saturated heterocycles. The summed E-state index contributed by atoms with van der Waals surface area (Å²) in [5, 5.41) is 4.93. The first kappa shape index (κ1) is 24.3. The third kappa shape index (κ3) is 3.82. The molecule has 0 N–H and O–H groups in total. The van der Waals surface area contributed by atoms with Crippen molar-refractivity contribution in [1.82, 2.24) is 14.1 Å². The fourth-order valence-electron chi connectivity index (χ4n) is 6.19. The molecular formula is C37H29N5+2. The molecule has 0 aliphatic heterocycles. The van der Waals surface area contributed by atoms with Crippen LogP contribution in [0.5, 0.6) is 0 Å². The highest BCUT2D eigenvalue weighted by Gasteiger charge is 2.20. The Morgan fingerprint density at radius 2 is 1.17 bits per heavy atom. The number of para-hydroxylation sites is 2. The van der Waals surface area contributed by atoms with Crippen LogP contribution in [0.3, 0.4) is 0 Å². The van der Waals surface area contributed by atoms with Crippen LogP contribution in [0.15, 0.2) is 140 Å². The van der Waals surface area contributed by atoms with E-state index in [9.17, 15) is 0 Å². The first-order valence-electron chi connectivity index (χ1n) is 14.2. The second-order valence-electron chi connectivity index (χ2n) is 10.9. The van der Waals surface area contributed by atoms with Gasteiger partial charge in [-0.15, -0.1) is 0 Å². The number of rotatable bonds is 4. The Hall–Kier alpha value is -5.55. The van der Waals surface area contributed by atoms with E-state index in [0.717, 1.165) is 28.1 Å². The minimum atomic E-state index is 0.933. The van der Waals surface area contributed by atoms with Gasteiger partial charge < -0.3 is 0 Å². The van der Waals surface area contributed by atoms with Gasteiger partial charge in [0.05, 0.1) is 23.8 Å². The highest BCUT2D eigenvalue weighted by atomic mass is 15.1. The largest absolute Gasteiger partial charge is 0.292 e. The maximum atomic E-state index is 5.08. The van der Waals surface area contributed by atoms with Crippen molar-refractivity contribution < 1.29 is 9.13 Å². The number of nitrogens with zero attached hydrogens (tertiary/aromatic N) is 5. The summed E-state index contributed by atoms with van der Waals surface area (Å²) in [5.74, 6) is 0.933. The Balaban J connectivity index is 1.33. The average Bonchev–Trinajstić information content (AvgIpc) is 3.64. The normalized spacial score (nSPS) is 11.6. The summed E-state index contributed by atoms with van der Waals surface area (Å²) in [6.45, 7) is 0. The topological polar surface area (TPSA) is 30.5 Å². The zero-order valence-electron chi connectivity index (χ0n) is 23.5. The van der Waals surface area contributed by atoms with E-state index < -0.39 is 0 Å². The molecule has 8 rings (SSSR count). The minimum absolute atomic E-state index is 0.933. The van der Waals surface area contributed by atoms with Crippen LogP contribution in [0.25, 0.3) is 66.5 Å². The molecule has 0 saturated carbocycles. The van der Waals surface area contributed by atoms with Gasteiger partial charge >= 0.3 is 0 Å². The molecule has 5 heteroatoms. The molecule has 0 unspecified atom stereocenters. The minimum Gasteiger partial charge on any atom is -0.292 e. The van der Waals surface area contributed by atoms with Gasteiger partial charge in [-0.25, -0.2) is 18.7 Å². The average molecular weight is 544 g/mol. The van der Waals surface area contributed by atoms with Crippen molar-refractivity contribution in [3.8, 4) is 33.9 Å². The van der Waals surface area contributed by atoms with E-state index in [1.54, 1.807) is 0 Å². The predicted octanol–water partition coefficient (Wildman–Crippen LogP) is 7.11. The summed E-state index contributed by atoms with van der Waals surface area (Å²) in [5.41, 5.74) is 7.88. The quantitative estimate of drug-likeness (QED) is 0.172. The number of aromatic nitrogens is 5. The highest BCUT2D eigenvalue weighted by Crippen LogP contribution is 2.41. The zero-order valence-corrected chi connectivity index (χ0v) is 23.5. The van der Waals surface area contributed by atoms with E-state index in [-0.39, 0.29) is 0 Å². The summed E-state index contributed by atoms with van der Waals surface area (Å²) in [6, 6.07) is 39.0. The molecule has 3 heterocycles. The number of hydrogen-bond donors (Lipinski definition) is 0. The molecule has 5 aromatic carbocycles.